The van der Waals surface area contributed by atoms with Crippen LogP contribution in [-0.2, 0) is 4.79 Å². The summed E-state index contributed by atoms with van der Waals surface area (Å²) in [5, 5.41) is 7.78. The van der Waals surface area contributed by atoms with Crippen molar-refractivity contribution in [1.82, 2.24) is 20.0 Å². The maximum Gasteiger partial charge on any atom is 0.242 e. The number of amides is 1. The summed E-state index contributed by atoms with van der Waals surface area (Å²) in [5.74, 6) is 0.899. The van der Waals surface area contributed by atoms with Gasteiger partial charge in [0.1, 0.15) is 18.4 Å². The van der Waals surface area contributed by atoms with Gasteiger partial charge in [0.15, 0.2) is 0 Å². The summed E-state index contributed by atoms with van der Waals surface area (Å²) < 4.78 is 7.96. The number of para-hydroxylation sites is 1. The number of aromatic nitrogens is 2. The van der Waals surface area contributed by atoms with Crippen LogP contribution >= 0.6 is 0 Å². The fourth-order valence-corrected chi connectivity index (χ4v) is 4.44. The molecule has 1 amide bonds. The molecule has 162 valence electrons. The molecule has 1 atom stereocenters. The Morgan fingerprint density at radius 1 is 1.06 bits per heavy atom. The highest BCUT2D eigenvalue weighted by Crippen LogP contribution is 2.30. The van der Waals surface area contributed by atoms with E-state index in [1.165, 1.54) is 11.1 Å². The van der Waals surface area contributed by atoms with E-state index in [0.29, 0.717) is 19.7 Å². The molecule has 2 aromatic carbocycles. The van der Waals surface area contributed by atoms with Crippen molar-refractivity contribution in [3.05, 3.63) is 76.6 Å². The van der Waals surface area contributed by atoms with Crippen LogP contribution in [-0.4, -0.2) is 46.8 Å². The van der Waals surface area contributed by atoms with Gasteiger partial charge in [-0.25, -0.2) is 4.68 Å². The van der Waals surface area contributed by atoms with Crippen molar-refractivity contribution in [3.8, 4) is 11.4 Å². The summed E-state index contributed by atoms with van der Waals surface area (Å²) in [6, 6.07) is 15.9. The Labute approximate surface area is 183 Å². The van der Waals surface area contributed by atoms with Crippen LogP contribution in [0.1, 0.15) is 34.1 Å². The zero-order valence-electron chi connectivity index (χ0n) is 18.7. The highest BCUT2D eigenvalue weighted by atomic mass is 16.5. The molecule has 6 nitrogen and oxygen atoms in total. The lowest BCUT2D eigenvalue weighted by atomic mass is 10.0. The summed E-state index contributed by atoms with van der Waals surface area (Å²) in [6.45, 7) is 10.8. The van der Waals surface area contributed by atoms with Crippen LogP contribution in [0.25, 0.3) is 5.69 Å². The summed E-state index contributed by atoms with van der Waals surface area (Å²) in [7, 11) is 0. The molecule has 1 saturated heterocycles. The first-order chi connectivity index (χ1) is 14.9. The minimum atomic E-state index is -0.367. The second-order valence-electron chi connectivity index (χ2n) is 8.23. The number of aryl methyl sites for hydroxylation is 3. The molecule has 1 fully saturated rings. The Morgan fingerprint density at radius 3 is 2.48 bits per heavy atom. The lowest BCUT2D eigenvalue weighted by Crippen LogP contribution is -2.51. The van der Waals surface area contributed by atoms with Crippen molar-refractivity contribution in [1.29, 1.82) is 0 Å². The van der Waals surface area contributed by atoms with E-state index in [1.54, 1.807) is 0 Å². The van der Waals surface area contributed by atoms with Gasteiger partial charge < -0.3 is 10.1 Å². The van der Waals surface area contributed by atoms with Crippen molar-refractivity contribution >= 4 is 5.91 Å². The molecule has 0 spiro atoms. The molecule has 1 aliphatic rings. The molecular weight excluding hydrogens is 388 g/mol. The summed E-state index contributed by atoms with van der Waals surface area (Å²) in [4.78, 5) is 15.1. The maximum atomic E-state index is 12.9. The fraction of sp³-hybridized carbons (Fsp3) is 0.360. The fourth-order valence-electron chi connectivity index (χ4n) is 4.44. The molecule has 2 heterocycles. The van der Waals surface area contributed by atoms with Gasteiger partial charge in [0.2, 0.25) is 5.91 Å². The van der Waals surface area contributed by atoms with E-state index < -0.39 is 0 Å². The number of hydrogen-bond donors (Lipinski definition) is 1. The lowest BCUT2D eigenvalue weighted by Gasteiger charge is -2.35. The van der Waals surface area contributed by atoms with Crippen molar-refractivity contribution < 1.29 is 9.53 Å². The Morgan fingerprint density at radius 2 is 1.77 bits per heavy atom. The monoisotopic (exact) mass is 418 g/mol. The molecule has 0 saturated carbocycles. The Balaban J connectivity index is 1.55. The highest BCUT2D eigenvalue weighted by molar-refractivity contribution is 5.84. The summed E-state index contributed by atoms with van der Waals surface area (Å²) in [5.41, 5.74) is 6.21. The van der Waals surface area contributed by atoms with E-state index in [4.69, 9.17) is 9.84 Å². The van der Waals surface area contributed by atoms with Crippen molar-refractivity contribution in [2.24, 2.45) is 0 Å². The molecule has 3 aromatic rings. The second-order valence-corrected chi connectivity index (χ2v) is 8.23. The number of nitrogens with one attached hydrogen (secondary N) is 1. The molecule has 0 aliphatic carbocycles. The van der Waals surface area contributed by atoms with Crippen molar-refractivity contribution in [2.45, 2.75) is 33.7 Å². The van der Waals surface area contributed by atoms with E-state index in [1.807, 2.05) is 61.0 Å². The predicted molar refractivity (Wildman–Crippen MR) is 122 cm³/mol. The zero-order chi connectivity index (χ0) is 22.0. The largest absolute Gasteiger partial charge is 0.492 e. The average Bonchev–Trinajstić information content (AvgIpc) is 3.02. The lowest BCUT2D eigenvalue weighted by molar-refractivity contribution is -0.129. The number of piperazine rings is 1. The number of rotatable bonds is 6. The van der Waals surface area contributed by atoms with E-state index in [0.717, 1.165) is 34.9 Å². The summed E-state index contributed by atoms with van der Waals surface area (Å²) in [6.07, 6.45) is 0. The normalized spacial score (nSPS) is 16.9. The van der Waals surface area contributed by atoms with Crippen LogP contribution in [0.3, 0.4) is 0 Å². The van der Waals surface area contributed by atoms with Gasteiger partial charge in [-0.1, -0.05) is 24.3 Å². The zero-order valence-corrected chi connectivity index (χ0v) is 18.7. The molecular formula is C25H30N4O2. The first kappa shape index (κ1) is 21.1. The van der Waals surface area contributed by atoms with E-state index in [-0.39, 0.29) is 11.9 Å². The van der Waals surface area contributed by atoms with Gasteiger partial charge in [-0.05, 0) is 63.1 Å². The molecule has 0 radical (unpaired) electrons. The van der Waals surface area contributed by atoms with Crippen LogP contribution < -0.4 is 10.1 Å². The summed E-state index contributed by atoms with van der Waals surface area (Å²) >= 11 is 0. The predicted octanol–water partition coefficient (Wildman–Crippen LogP) is 3.66. The number of ether oxygens (including phenoxy) is 1. The van der Waals surface area contributed by atoms with Crippen LogP contribution in [0.4, 0.5) is 0 Å². The van der Waals surface area contributed by atoms with Crippen molar-refractivity contribution in [3.63, 3.8) is 0 Å². The van der Waals surface area contributed by atoms with Gasteiger partial charge in [0, 0.05) is 30.9 Å². The van der Waals surface area contributed by atoms with E-state index in [9.17, 15) is 4.79 Å². The van der Waals surface area contributed by atoms with Crippen LogP contribution in [0.5, 0.6) is 5.75 Å². The Bertz CT molecular complexity index is 1050. The van der Waals surface area contributed by atoms with Crippen LogP contribution in [0.15, 0.2) is 48.5 Å². The maximum absolute atomic E-state index is 12.9. The van der Waals surface area contributed by atoms with Gasteiger partial charge >= 0.3 is 0 Å². The van der Waals surface area contributed by atoms with Gasteiger partial charge in [0.05, 0.1) is 11.4 Å². The highest BCUT2D eigenvalue weighted by Gasteiger charge is 2.35. The van der Waals surface area contributed by atoms with Crippen LogP contribution in [0.2, 0.25) is 0 Å². The van der Waals surface area contributed by atoms with Crippen LogP contribution in [0, 0.1) is 27.7 Å². The molecule has 4 rings (SSSR count). The first-order valence-electron chi connectivity index (χ1n) is 10.8. The van der Waals surface area contributed by atoms with E-state index >= 15 is 0 Å². The molecule has 31 heavy (non-hydrogen) atoms. The number of nitrogens with zero attached hydrogens (tertiary/aromatic N) is 3. The molecule has 1 unspecified atom stereocenters. The third-order valence-corrected chi connectivity index (χ3v) is 5.78. The smallest absolute Gasteiger partial charge is 0.242 e. The number of carbonyl (C=O) groups excluding carboxylic acids is 1. The first-order valence-corrected chi connectivity index (χ1v) is 10.8. The van der Waals surface area contributed by atoms with Gasteiger partial charge in [-0.3, -0.25) is 9.69 Å². The molecule has 0 bridgehead atoms. The van der Waals surface area contributed by atoms with Gasteiger partial charge in [-0.15, -0.1) is 0 Å². The topological polar surface area (TPSA) is 59.4 Å². The molecule has 1 aliphatic heterocycles. The molecule has 6 heteroatoms. The molecule has 1 N–H and O–H groups in total. The third-order valence-electron chi connectivity index (χ3n) is 5.78. The molecule has 1 aromatic heterocycles. The Hall–Kier alpha value is -3.12. The standard InChI is InChI=1S/C25H30N4O2/c1-17-14-18(2)16-22(15-17)31-13-12-28-11-10-26-25(30)24(28)23-19(3)27-29(20(23)4)21-8-6-5-7-9-21/h5-9,14-16,24H,10-13H2,1-4H3,(H,26,30). The minimum absolute atomic E-state index is 0.0245. The van der Waals surface area contributed by atoms with Crippen molar-refractivity contribution in [2.75, 3.05) is 26.2 Å². The number of benzene rings is 2. The second kappa shape index (κ2) is 8.94. The Kier molecular flexibility index (Phi) is 6.09. The SMILES string of the molecule is Cc1cc(C)cc(OCCN2CCNC(=O)C2c2c(C)nn(-c3ccccc3)c2C)c1. The number of carbonyl (C=O) groups is 1. The van der Waals surface area contributed by atoms with Gasteiger partial charge in [0.25, 0.3) is 0 Å². The average molecular weight is 419 g/mol. The van der Waals surface area contributed by atoms with E-state index in [2.05, 4.69) is 30.1 Å². The third kappa shape index (κ3) is 4.49. The minimum Gasteiger partial charge on any atom is -0.492 e. The quantitative estimate of drug-likeness (QED) is 0.664. The van der Waals surface area contributed by atoms with Gasteiger partial charge in [-0.2, -0.15) is 5.10 Å². The number of hydrogen-bond acceptors (Lipinski definition) is 4.